The molecule has 1 aliphatic heterocycles. The molecule has 2 aliphatic rings. The van der Waals surface area contributed by atoms with E-state index in [-0.39, 0.29) is 35.0 Å². The molecule has 5 unspecified atom stereocenters. The van der Waals surface area contributed by atoms with Gasteiger partial charge < -0.3 is 19.1 Å². The first-order valence-corrected chi connectivity index (χ1v) is 12.3. The van der Waals surface area contributed by atoms with Gasteiger partial charge in [-0.1, -0.05) is 50.2 Å². The smallest absolute Gasteiger partial charge is 0.165 e. The molecular weight excluding hydrogens is 424 g/mol. The average molecular weight is 463 g/mol. The van der Waals surface area contributed by atoms with Crippen molar-refractivity contribution in [1.29, 1.82) is 5.26 Å². The highest BCUT2D eigenvalue weighted by Gasteiger charge is 2.68. The fraction of sp³-hybridized carbons (Fsp3) is 0.552. The van der Waals surface area contributed by atoms with Gasteiger partial charge in [0.1, 0.15) is 18.8 Å². The van der Waals surface area contributed by atoms with Crippen molar-refractivity contribution >= 4 is 0 Å². The quantitative estimate of drug-likeness (QED) is 0.544. The van der Waals surface area contributed by atoms with Crippen molar-refractivity contribution < 1.29 is 14.2 Å². The van der Waals surface area contributed by atoms with Crippen LogP contribution < -0.4 is 9.47 Å². The molecule has 0 radical (unpaired) electrons. The summed E-state index contributed by atoms with van der Waals surface area (Å²) >= 11 is 0. The maximum atomic E-state index is 10.1. The van der Waals surface area contributed by atoms with Crippen LogP contribution in [0.2, 0.25) is 0 Å². The summed E-state index contributed by atoms with van der Waals surface area (Å²) in [5.41, 5.74) is 3.02. The number of aryl methyl sites for hydroxylation is 1. The Morgan fingerprint density at radius 2 is 1.91 bits per heavy atom. The molecule has 4 rings (SSSR count). The van der Waals surface area contributed by atoms with Crippen LogP contribution >= 0.6 is 0 Å². The third-order valence-corrected chi connectivity index (χ3v) is 8.79. The van der Waals surface area contributed by atoms with Crippen LogP contribution in [0.15, 0.2) is 42.5 Å². The fourth-order valence-corrected chi connectivity index (χ4v) is 6.78. The van der Waals surface area contributed by atoms with Crippen LogP contribution in [0.1, 0.15) is 50.3 Å². The summed E-state index contributed by atoms with van der Waals surface area (Å²) in [4.78, 5) is 2.28. The molecule has 5 heteroatoms. The maximum Gasteiger partial charge on any atom is 0.165 e. The molecule has 34 heavy (non-hydrogen) atoms. The van der Waals surface area contributed by atoms with Gasteiger partial charge in [-0.2, -0.15) is 5.26 Å². The predicted molar refractivity (Wildman–Crippen MR) is 134 cm³/mol. The van der Waals surface area contributed by atoms with Gasteiger partial charge in [0.05, 0.1) is 12.0 Å². The number of ether oxygens (including phenoxy) is 3. The molecule has 0 bridgehead atoms. The summed E-state index contributed by atoms with van der Waals surface area (Å²) in [7, 11) is 5.96. The van der Waals surface area contributed by atoms with Crippen molar-refractivity contribution in [2.75, 3.05) is 21.2 Å². The highest BCUT2D eigenvalue weighted by Crippen LogP contribution is 2.65. The predicted octanol–water partition coefficient (Wildman–Crippen LogP) is 5.50. The lowest BCUT2D eigenvalue weighted by Crippen LogP contribution is -2.67. The Kier molecular flexibility index (Phi) is 6.68. The van der Waals surface area contributed by atoms with Gasteiger partial charge in [0.2, 0.25) is 0 Å². The van der Waals surface area contributed by atoms with Crippen molar-refractivity contribution in [2.45, 2.75) is 70.8 Å². The van der Waals surface area contributed by atoms with Gasteiger partial charge in [0.15, 0.2) is 11.5 Å². The van der Waals surface area contributed by atoms with E-state index in [1.165, 1.54) is 11.1 Å². The van der Waals surface area contributed by atoms with Crippen LogP contribution in [-0.4, -0.2) is 44.4 Å². The standard InChI is InChI=1S/C29H38N2O3/c1-8-29-24-19(2)14-15-23(33-18-21-12-10-9-11-13-21)26(24)34-27(29)25(32-7)22(17-30)16-28(29,4)20(3)31(5)6/h9-15,20,22,25,27H,8,16,18H2,1-7H3/t20?,22?,25?,27-,28?,29?/m0/s1. The average Bonchev–Trinajstić information content (AvgIpc) is 3.21. The molecule has 1 aliphatic carbocycles. The molecule has 1 saturated carbocycles. The number of benzene rings is 2. The number of fused-ring (bicyclic) bond motifs is 3. The highest BCUT2D eigenvalue weighted by atomic mass is 16.6. The second-order valence-electron chi connectivity index (χ2n) is 10.4. The molecule has 2 aromatic rings. The summed E-state index contributed by atoms with van der Waals surface area (Å²) in [5, 5.41) is 10.1. The lowest BCUT2D eigenvalue weighted by molar-refractivity contribution is -0.140. The van der Waals surface area contributed by atoms with Gasteiger partial charge in [-0.3, -0.25) is 0 Å². The van der Waals surface area contributed by atoms with E-state index in [0.717, 1.165) is 29.9 Å². The van der Waals surface area contributed by atoms with Crippen LogP contribution in [0.5, 0.6) is 11.5 Å². The number of methoxy groups -OCH3 is 1. The second-order valence-corrected chi connectivity index (χ2v) is 10.4. The lowest BCUT2D eigenvalue weighted by Gasteiger charge is -2.59. The number of rotatable bonds is 7. The van der Waals surface area contributed by atoms with Gasteiger partial charge >= 0.3 is 0 Å². The minimum atomic E-state index is -0.309. The van der Waals surface area contributed by atoms with Crippen LogP contribution in [0.3, 0.4) is 0 Å². The van der Waals surface area contributed by atoms with Crippen molar-refractivity contribution in [3.63, 3.8) is 0 Å². The number of nitrogens with zero attached hydrogens (tertiary/aromatic N) is 2. The fourth-order valence-electron chi connectivity index (χ4n) is 6.78. The Bertz CT molecular complexity index is 1060. The van der Waals surface area contributed by atoms with Crippen LogP contribution in [0, 0.1) is 29.6 Å². The van der Waals surface area contributed by atoms with E-state index in [1.54, 1.807) is 7.11 Å². The number of hydrogen-bond acceptors (Lipinski definition) is 5. The topological polar surface area (TPSA) is 54.7 Å². The Morgan fingerprint density at radius 1 is 1.21 bits per heavy atom. The lowest BCUT2D eigenvalue weighted by atomic mass is 9.47. The third-order valence-electron chi connectivity index (χ3n) is 8.79. The van der Waals surface area contributed by atoms with Crippen LogP contribution in [0.25, 0.3) is 0 Å². The molecule has 0 saturated heterocycles. The minimum absolute atomic E-state index is 0.209. The van der Waals surface area contributed by atoms with E-state index < -0.39 is 0 Å². The van der Waals surface area contributed by atoms with E-state index in [4.69, 9.17) is 14.2 Å². The van der Waals surface area contributed by atoms with Crippen molar-refractivity contribution in [1.82, 2.24) is 4.90 Å². The summed E-state index contributed by atoms with van der Waals surface area (Å²) in [6, 6.07) is 17.1. The Balaban J connectivity index is 1.89. The number of hydrogen-bond donors (Lipinski definition) is 0. The molecule has 0 spiro atoms. The van der Waals surface area contributed by atoms with Crippen LogP contribution in [-0.2, 0) is 16.8 Å². The SMILES string of the molecule is CCC12c3c(C)ccc(OCc4ccccc4)c3O[C@H]1C(OC)C(C#N)CC2(C)C(C)N(C)C. The molecule has 0 N–H and O–H groups in total. The second kappa shape index (κ2) is 9.24. The maximum absolute atomic E-state index is 10.1. The molecule has 5 nitrogen and oxygen atoms in total. The molecule has 0 amide bonds. The molecule has 0 aromatic heterocycles. The van der Waals surface area contributed by atoms with Crippen molar-refractivity contribution in [2.24, 2.45) is 11.3 Å². The summed E-state index contributed by atoms with van der Waals surface area (Å²) in [6.07, 6.45) is 1.08. The normalized spacial score (nSPS) is 30.7. The summed E-state index contributed by atoms with van der Waals surface area (Å²) in [6.45, 7) is 9.52. The molecular formula is C29H38N2O3. The molecule has 1 heterocycles. The first-order valence-electron chi connectivity index (χ1n) is 12.3. The molecule has 1 fully saturated rings. The first kappa shape index (κ1) is 24.6. The number of nitriles is 1. The van der Waals surface area contributed by atoms with E-state index in [0.29, 0.717) is 6.61 Å². The Labute approximate surface area is 204 Å². The monoisotopic (exact) mass is 462 g/mol. The van der Waals surface area contributed by atoms with E-state index in [2.05, 4.69) is 71.0 Å². The van der Waals surface area contributed by atoms with Gasteiger partial charge in [-0.25, -0.2) is 0 Å². The Morgan fingerprint density at radius 3 is 2.50 bits per heavy atom. The third kappa shape index (κ3) is 3.51. The molecule has 2 aromatic carbocycles. The summed E-state index contributed by atoms with van der Waals surface area (Å²) in [5.74, 6) is 1.33. The highest BCUT2D eigenvalue weighted by molar-refractivity contribution is 5.60. The minimum Gasteiger partial charge on any atom is -0.485 e. The van der Waals surface area contributed by atoms with Crippen LogP contribution in [0.4, 0.5) is 0 Å². The Hall–Kier alpha value is -2.55. The zero-order chi connectivity index (χ0) is 24.7. The first-order chi connectivity index (χ1) is 16.2. The largest absolute Gasteiger partial charge is 0.485 e. The molecule has 6 atom stereocenters. The molecule has 182 valence electrons. The van der Waals surface area contributed by atoms with Gasteiger partial charge in [-0.15, -0.1) is 0 Å². The zero-order valence-electron chi connectivity index (χ0n) is 21.6. The van der Waals surface area contributed by atoms with Gasteiger partial charge in [0.25, 0.3) is 0 Å². The van der Waals surface area contributed by atoms with Crippen molar-refractivity contribution in [3.05, 3.63) is 59.2 Å². The van der Waals surface area contributed by atoms with E-state index >= 15 is 0 Å². The summed E-state index contributed by atoms with van der Waals surface area (Å²) < 4.78 is 19.2. The van der Waals surface area contributed by atoms with Crippen molar-refractivity contribution in [3.8, 4) is 17.6 Å². The van der Waals surface area contributed by atoms with E-state index in [1.807, 2.05) is 24.3 Å². The van der Waals surface area contributed by atoms with Gasteiger partial charge in [0, 0.05) is 24.1 Å². The van der Waals surface area contributed by atoms with Gasteiger partial charge in [-0.05, 0) is 63.4 Å². The zero-order valence-corrected chi connectivity index (χ0v) is 21.6. The van der Waals surface area contributed by atoms with E-state index in [9.17, 15) is 5.26 Å².